The smallest absolute Gasteiger partial charge is 0.00499 e. The van der Waals surface area contributed by atoms with Gasteiger partial charge in [-0.25, -0.2) is 0 Å². The molecule has 1 N–H and O–H groups in total. The van der Waals surface area contributed by atoms with Crippen LogP contribution in [0.25, 0.3) is 0 Å². The molecule has 2 heteroatoms. The third-order valence-electron chi connectivity index (χ3n) is 4.64. The Morgan fingerprint density at radius 1 is 1.00 bits per heavy atom. The molecule has 0 atom stereocenters. The van der Waals surface area contributed by atoms with Crippen LogP contribution in [-0.4, -0.2) is 37.1 Å². The minimum Gasteiger partial charge on any atom is -0.314 e. The second kappa shape index (κ2) is 8.16. The van der Waals surface area contributed by atoms with Crippen LogP contribution in [0.1, 0.15) is 66.2 Å². The molecule has 0 aromatic heterocycles. The standard InChI is InChI=1S/C16H34N2/c1-5-16(6-2,13-17-15(3)4)14-18-11-9-7-8-10-12-18/h15,17H,5-14H2,1-4H3. The van der Waals surface area contributed by atoms with Crippen LogP contribution in [0.3, 0.4) is 0 Å². The summed E-state index contributed by atoms with van der Waals surface area (Å²) in [6.07, 6.45) is 8.26. The molecule has 0 saturated carbocycles. The summed E-state index contributed by atoms with van der Waals surface area (Å²) in [5.74, 6) is 0. The van der Waals surface area contributed by atoms with Crippen LogP contribution in [0.5, 0.6) is 0 Å². The Morgan fingerprint density at radius 2 is 1.56 bits per heavy atom. The molecular formula is C16H34N2. The molecule has 0 aromatic rings. The minimum absolute atomic E-state index is 0.481. The van der Waals surface area contributed by atoms with E-state index in [1.165, 1.54) is 64.7 Å². The fourth-order valence-corrected chi connectivity index (χ4v) is 2.97. The summed E-state index contributed by atoms with van der Waals surface area (Å²) in [5, 5.41) is 3.67. The first-order valence-corrected chi connectivity index (χ1v) is 8.07. The van der Waals surface area contributed by atoms with Crippen LogP contribution >= 0.6 is 0 Å². The van der Waals surface area contributed by atoms with Gasteiger partial charge in [-0.1, -0.05) is 40.5 Å². The van der Waals surface area contributed by atoms with Crippen molar-refractivity contribution < 1.29 is 0 Å². The average Bonchev–Trinajstić information content (AvgIpc) is 2.63. The maximum absolute atomic E-state index is 3.67. The zero-order chi connectivity index (χ0) is 13.4. The Balaban J connectivity index is 2.53. The van der Waals surface area contributed by atoms with Crippen LogP contribution in [-0.2, 0) is 0 Å². The van der Waals surface area contributed by atoms with E-state index in [0.717, 1.165) is 0 Å². The molecule has 0 aliphatic carbocycles. The highest BCUT2D eigenvalue weighted by atomic mass is 15.1. The van der Waals surface area contributed by atoms with Gasteiger partial charge in [0.05, 0.1) is 0 Å². The highest BCUT2D eigenvalue weighted by Crippen LogP contribution is 2.28. The Morgan fingerprint density at radius 3 is 2.00 bits per heavy atom. The number of hydrogen-bond acceptors (Lipinski definition) is 2. The van der Waals surface area contributed by atoms with E-state index in [1.807, 2.05) is 0 Å². The second-order valence-electron chi connectivity index (χ2n) is 6.43. The van der Waals surface area contributed by atoms with E-state index in [0.29, 0.717) is 11.5 Å². The molecule has 108 valence electrons. The normalized spacial score (nSPS) is 19.2. The Labute approximate surface area is 115 Å². The van der Waals surface area contributed by atoms with Gasteiger partial charge in [-0.15, -0.1) is 0 Å². The third kappa shape index (κ3) is 5.27. The molecule has 0 unspecified atom stereocenters. The van der Waals surface area contributed by atoms with Gasteiger partial charge in [0.2, 0.25) is 0 Å². The van der Waals surface area contributed by atoms with Crippen LogP contribution in [0, 0.1) is 5.41 Å². The molecule has 0 bridgehead atoms. The van der Waals surface area contributed by atoms with Gasteiger partial charge in [0, 0.05) is 19.1 Å². The Bertz CT molecular complexity index is 201. The highest BCUT2D eigenvalue weighted by Gasteiger charge is 2.28. The molecule has 1 heterocycles. The van der Waals surface area contributed by atoms with E-state index in [-0.39, 0.29) is 0 Å². The van der Waals surface area contributed by atoms with Crippen molar-refractivity contribution in [3.8, 4) is 0 Å². The maximum Gasteiger partial charge on any atom is 0.00499 e. The van der Waals surface area contributed by atoms with Gasteiger partial charge in [0.15, 0.2) is 0 Å². The minimum atomic E-state index is 0.481. The number of nitrogens with zero attached hydrogens (tertiary/aromatic N) is 1. The molecule has 1 aliphatic heterocycles. The molecule has 18 heavy (non-hydrogen) atoms. The summed E-state index contributed by atoms with van der Waals surface area (Å²) in [5.41, 5.74) is 0.481. The zero-order valence-electron chi connectivity index (χ0n) is 13.1. The molecule has 0 amide bonds. The molecule has 0 radical (unpaired) electrons. The van der Waals surface area contributed by atoms with Gasteiger partial charge in [0.25, 0.3) is 0 Å². The molecule has 1 aliphatic rings. The number of likely N-dealkylation sites (tertiary alicyclic amines) is 1. The van der Waals surface area contributed by atoms with Crippen molar-refractivity contribution in [1.29, 1.82) is 0 Å². The van der Waals surface area contributed by atoms with Gasteiger partial charge >= 0.3 is 0 Å². The summed E-state index contributed by atoms with van der Waals surface area (Å²) < 4.78 is 0. The van der Waals surface area contributed by atoms with E-state index < -0.39 is 0 Å². The quantitative estimate of drug-likeness (QED) is 0.746. The summed E-state index contributed by atoms with van der Waals surface area (Å²) in [4.78, 5) is 2.72. The number of rotatable bonds is 7. The van der Waals surface area contributed by atoms with Crippen LogP contribution in [0.4, 0.5) is 0 Å². The lowest BCUT2D eigenvalue weighted by Gasteiger charge is -2.38. The molecule has 1 saturated heterocycles. The van der Waals surface area contributed by atoms with Gasteiger partial charge in [-0.2, -0.15) is 0 Å². The highest BCUT2D eigenvalue weighted by molar-refractivity contribution is 4.84. The Hall–Kier alpha value is -0.0800. The largest absolute Gasteiger partial charge is 0.314 e. The van der Waals surface area contributed by atoms with Gasteiger partial charge < -0.3 is 10.2 Å². The zero-order valence-corrected chi connectivity index (χ0v) is 13.1. The van der Waals surface area contributed by atoms with Crippen molar-refractivity contribution in [1.82, 2.24) is 10.2 Å². The van der Waals surface area contributed by atoms with Gasteiger partial charge in [-0.05, 0) is 44.2 Å². The molecule has 1 rings (SSSR count). The molecule has 0 spiro atoms. The monoisotopic (exact) mass is 254 g/mol. The van der Waals surface area contributed by atoms with Crippen LogP contribution < -0.4 is 5.32 Å². The van der Waals surface area contributed by atoms with E-state index in [1.54, 1.807) is 0 Å². The molecule has 2 nitrogen and oxygen atoms in total. The summed E-state index contributed by atoms with van der Waals surface area (Å²) in [6.45, 7) is 14.3. The first-order chi connectivity index (χ1) is 8.62. The molecule has 0 aromatic carbocycles. The van der Waals surface area contributed by atoms with Gasteiger partial charge in [0.1, 0.15) is 0 Å². The Kier molecular flexibility index (Phi) is 7.25. The number of nitrogens with one attached hydrogen (secondary N) is 1. The summed E-state index contributed by atoms with van der Waals surface area (Å²) in [6, 6.07) is 0.603. The predicted molar refractivity (Wildman–Crippen MR) is 81.1 cm³/mol. The van der Waals surface area contributed by atoms with Gasteiger partial charge in [-0.3, -0.25) is 0 Å². The van der Waals surface area contributed by atoms with Crippen LogP contribution in [0.2, 0.25) is 0 Å². The molecular weight excluding hydrogens is 220 g/mol. The van der Waals surface area contributed by atoms with Crippen molar-refractivity contribution in [2.45, 2.75) is 72.3 Å². The lowest BCUT2D eigenvalue weighted by Crippen LogP contribution is -2.45. The average molecular weight is 254 g/mol. The summed E-state index contributed by atoms with van der Waals surface area (Å²) in [7, 11) is 0. The maximum atomic E-state index is 3.67. The van der Waals surface area contributed by atoms with E-state index in [2.05, 4.69) is 37.9 Å². The van der Waals surface area contributed by atoms with Crippen molar-refractivity contribution in [2.24, 2.45) is 5.41 Å². The van der Waals surface area contributed by atoms with Crippen LogP contribution in [0.15, 0.2) is 0 Å². The summed E-state index contributed by atoms with van der Waals surface area (Å²) >= 11 is 0. The first-order valence-electron chi connectivity index (χ1n) is 8.07. The molecule has 1 fully saturated rings. The van der Waals surface area contributed by atoms with E-state index in [4.69, 9.17) is 0 Å². The fraction of sp³-hybridized carbons (Fsp3) is 1.00. The fourth-order valence-electron chi connectivity index (χ4n) is 2.97. The predicted octanol–water partition coefficient (Wildman–Crippen LogP) is 3.67. The van der Waals surface area contributed by atoms with Crippen molar-refractivity contribution in [3.63, 3.8) is 0 Å². The van der Waals surface area contributed by atoms with Crippen molar-refractivity contribution in [2.75, 3.05) is 26.2 Å². The van der Waals surface area contributed by atoms with E-state index in [9.17, 15) is 0 Å². The van der Waals surface area contributed by atoms with Crippen molar-refractivity contribution >= 4 is 0 Å². The second-order valence-corrected chi connectivity index (χ2v) is 6.43. The lowest BCUT2D eigenvalue weighted by molar-refractivity contribution is 0.135. The SMILES string of the molecule is CCC(CC)(CNC(C)C)CN1CCCCCC1. The lowest BCUT2D eigenvalue weighted by atomic mass is 9.81. The van der Waals surface area contributed by atoms with E-state index >= 15 is 0 Å². The third-order valence-corrected chi connectivity index (χ3v) is 4.64. The topological polar surface area (TPSA) is 15.3 Å². The van der Waals surface area contributed by atoms with Crippen molar-refractivity contribution in [3.05, 3.63) is 0 Å². The number of hydrogen-bond donors (Lipinski definition) is 1. The first kappa shape index (κ1) is 16.0.